The molecule has 1 fully saturated rings. The minimum Gasteiger partial charge on any atom is -0.379 e. The molecule has 1 aromatic rings. The Morgan fingerprint density at radius 2 is 2.21 bits per heavy atom. The fraction of sp³-hybridized carbons (Fsp3) is 0.750. The van der Waals surface area contributed by atoms with E-state index in [1.165, 1.54) is 0 Å². The van der Waals surface area contributed by atoms with Crippen LogP contribution in [0.15, 0.2) is 0 Å². The highest BCUT2D eigenvalue weighted by Crippen LogP contribution is 2.16. The molecule has 1 aliphatic rings. The highest BCUT2D eigenvalue weighted by Gasteiger charge is 2.12. The molecule has 0 unspecified atom stereocenters. The van der Waals surface area contributed by atoms with Crippen LogP contribution in [0.1, 0.15) is 5.01 Å². The second-order valence-corrected chi connectivity index (χ2v) is 4.20. The van der Waals surface area contributed by atoms with E-state index < -0.39 is 0 Å². The predicted octanol–water partition coefficient (Wildman–Crippen LogP) is 0.412. The van der Waals surface area contributed by atoms with Crippen LogP contribution in [0.3, 0.4) is 0 Å². The first kappa shape index (κ1) is 9.82. The van der Waals surface area contributed by atoms with E-state index in [9.17, 15) is 0 Å². The van der Waals surface area contributed by atoms with E-state index in [1.807, 2.05) is 7.05 Å². The molecule has 1 N–H and O–H groups in total. The van der Waals surface area contributed by atoms with Gasteiger partial charge in [-0.1, -0.05) is 11.3 Å². The summed E-state index contributed by atoms with van der Waals surface area (Å²) in [4.78, 5) is 2.34. The molecule has 2 heterocycles. The largest absolute Gasteiger partial charge is 0.379 e. The molecule has 0 radical (unpaired) electrons. The van der Waals surface area contributed by atoms with Gasteiger partial charge < -0.3 is 10.1 Å². The Labute approximate surface area is 87.1 Å². The van der Waals surface area contributed by atoms with Crippen LogP contribution in [0.2, 0.25) is 0 Å². The maximum absolute atomic E-state index is 5.28. The van der Waals surface area contributed by atoms with E-state index in [2.05, 4.69) is 20.4 Å². The molecule has 0 aromatic carbocycles. The monoisotopic (exact) mass is 214 g/mol. The Morgan fingerprint density at radius 1 is 1.43 bits per heavy atom. The SMILES string of the molecule is CNc1nnc(CN2CCOCC2)s1. The maximum Gasteiger partial charge on any atom is 0.205 e. The second kappa shape index (κ2) is 4.68. The zero-order chi connectivity index (χ0) is 9.80. The highest BCUT2D eigenvalue weighted by molar-refractivity contribution is 7.15. The summed E-state index contributed by atoms with van der Waals surface area (Å²) in [6, 6.07) is 0. The van der Waals surface area contributed by atoms with Crippen LogP contribution in [0.4, 0.5) is 5.13 Å². The number of nitrogens with one attached hydrogen (secondary N) is 1. The van der Waals surface area contributed by atoms with Crippen molar-refractivity contribution in [2.75, 3.05) is 38.7 Å². The Balaban J connectivity index is 1.89. The summed E-state index contributed by atoms with van der Waals surface area (Å²) >= 11 is 1.61. The summed E-state index contributed by atoms with van der Waals surface area (Å²) in [6.07, 6.45) is 0. The van der Waals surface area contributed by atoms with Gasteiger partial charge in [-0.05, 0) is 0 Å². The predicted molar refractivity (Wildman–Crippen MR) is 55.6 cm³/mol. The number of hydrogen-bond acceptors (Lipinski definition) is 6. The van der Waals surface area contributed by atoms with Gasteiger partial charge in [-0.3, -0.25) is 4.90 Å². The molecular weight excluding hydrogens is 200 g/mol. The third-order valence-corrected chi connectivity index (χ3v) is 3.07. The lowest BCUT2D eigenvalue weighted by Gasteiger charge is -2.25. The number of rotatable bonds is 3. The first-order chi connectivity index (χ1) is 6.88. The smallest absolute Gasteiger partial charge is 0.205 e. The fourth-order valence-corrected chi connectivity index (χ4v) is 2.10. The molecule has 6 heteroatoms. The van der Waals surface area contributed by atoms with Crippen molar-refractivity contribution in [3.63, 3.8) is 0 Å². The zero-order valence-corrected chi connectivity index (χ0v) is 9.01. The number of hydrogen-bond donors (Lipinski definition) is 1. The van der Waals surface area contributed by atoms with Crippen LogP contribution in [0, 0.1) is 0 Å². The molecule has 2 rings (SSSR count). The van der Waals surface area contributed by atoms with Crippen LogP contribution in [-0.2, 0) is 11.3 Å². The van der Waals surface area contributed by atoms with E-state index in [4.69, 9.17) is 4.74 Å². The lowest BCUT2D eigenvalue weighted by Crippen LogP contribution is -2.35. The van der Waals surface area contributed by atoms with Crippen molar-refractivity contribution in [3.05, 3.63) is 5.01 Å². The molecule has 0 atom stereocenters. The van der Waals surface area contributed by atoms with Gasteiger partial charge in [0.05, 0.1) is 19.8 Å². The Bertz CT molecular complexity index is 285. The lowest BCUT2D eigenvalue weighted by atomic mass is 10.4. The van der Waals surface area contributed by atoms with Crippen molar-refractivity contribution >= 4 is 16.5 Å². The van der Waals surface area contributed by atoms with Crippen LogP contribution >= 0.6 is 11.3 Å². The number of aromatic nitrogens is 2. The maximum atomic E-state index is 5.28. The third-order valence-electron chi connectivity index (χ3n) is 2.14. The van der Waals surface area contributed by atoms with Crippen LogP contribution < -0.4 is 5.32 Å². The van der Waals surface area contributed by atoms with E-state index in [0.29, 0.717) is 0 Å². The summed E-state index contributed by atoms with van der Waals surface area (Å²) < 4.78 is 5.28. The Hall–Kier alpha value is -0.720. The molecule has 1 aromatic heterocycles. The summed E-state index contributed by atoms with van der Waals surface area (Å²) in [6.45, 7) is 4.54. The van der Waals surface area contributed by atoms with Crippen molar-refractivity contribution in [1.82, 2.24) is 15.1 Å². The van der Waals surface area contributed by atoms with E-state index in [0.717, 1.165) is 43.0 Å². The van der Waals surface area contributed by atoms with Gasteiger partial charge in [-0.25, -0.2) is 0 Å². The molecule has 0 aliphatic carbocycles. The van der Waals surface area contributed by atoms with E-state index in [-0.39, 0.29) is 0 Å². The van der Waals surface area contributed by atoms with Crippen LogP contribution in [-0.4, -0.2) is 48.4 Å². The number of morpholine rings is 1. The first-order valence-electron chi connectivity index (χ1n) is 4.69. The molecule has 1 saturated heterocycles. The highest BCUT2D eigenvalue weighted by atomic mass is 32.1. The molecular formula is C8H14N4OS. The molecule has 0 bridgehead atoms. The van der Waals surface area contributed by atoms with Gasteiger partial charge in [0.2, 0.25) is 5.13 Å². The Morgan fingerprint density at radius 3 is 2.86 bits per heavy atom. The van der Waals surface area contributed by atoms with Gasteiger partial charge in [-0.15, -0.1) is 10.2 Å². The van der Waals surface area contributed by atoms with Gasteiger partial charge in [0.1, 0.15) is 5.01 Å². The van der Waals surface area contributed by atoms with E-state index >= 15 is 0 Å². The number of ether oxygens (including phenoxy) is 1. The summed E-state index contributed by atoms with van der Waals surface area (Å²) in [5.41, 5.74) is 0. The Kier molecular flexibility index (Phi) is 3.28. The second-order valence-electron chi connectivity index (χ2n) is 3.14. The molecule has 14 heavy (non-hydrogen) atoms. The third kappa shape index (κ3) is 2.40. The quantitative estimate of drug-likeness (QED) is 0.790. The summed E-state index contributed by atoms with van der Waals surface area (Å²) in [5.74, 6) is 0. The van der Waals surface area contributed by atoms with Gasteiger partial charge in [0.15, 0.2) is 0 Å². The molecule has 78 valence electrons. The number of anilines is 1. The lowest BCUT2D eigenvalue weighted by molar-refractivity contribution is 0.0341. The topological polar surface area (TPSA) is 50.3 Å². The van der Waals surface area contributed by atoms with E-state index in [1.54, 1.807) is 11.3 Å². The normalized spacial score (nSPS) is 18.4. The van der Waals surface area contributed by atoms with Crippen molar-refractivity contribution in [3.8, 4) is 0 Å². The molecule has 0 spiro atoms. The minimum absolute atomic E-state index is 0.831. The average Bonchev–Trinajstić information content (AvgIpc) is 2.67. The molecule has 0 amide bonds. The summed E-state index contributed by atoms with van der Waals surface area (Å²) in [7, 11) is 1.86. The number of nitrogens with zero attached hydrogens (tertiary/aromatic N) is 3. The molecule has 5 nitrogen and oxygen atoms in total. The van der Waals surface area contributed by atoms with Gasteiger partial charge >= 0.3 is 0 Å². The van der Waals surface area contributed by atoms with Crippen molar-refractivity contribution in [1.29, 1.82) is 0 Å². The molecule has 1 aliphatic heterocycles. The van der Waals surface area contributed by atoms with Crippen molar-refractivity contribution in [2.45, 2.75) is 6.54 Å². The van der Waals surface area contributed by atoms with Crippen molar-refractivity contribution < 1.29 is 4.74 Å². The minimum atomic E-state index is 0.831. The van der Waals surface area contributed by atoms with Gasteiger partial charge in [0.25, 0.3) is 0 Å². The average molecular weight is 214 g/mol. The van der Waals surface area contributed by atoms with Crippen molar-refractivity contribution in [2.24, 2.45) is 0 Å². The zero-order valence-electron chi connectivity index (χ0n) is 8.19. The fourth-order valence-electron chi connectivity index (χ4n) is 1.37. The first-order valence-corrected chi connectivity index (χ1v) is 5.50. The molecule has 0 saturated carbocycles. The van der Waals surface area contributed by atoms with Crippen LogP contribution in [0.25, 0.3) is 0 Å². The van der Waals surface area contributed by atoms with Gasteiger partial charge in [0, 0.05) is 20.1 Å². The van der Waals surface area contributed by atoms with Gasteiger partial charge in [-0.2, -0.15) is 0 Å². The van der Waals surface area contributed by atoms with Crippen LogP contribution in [0.5, 0.6) is 0 Å². The summed E-state index contributed by atoms with van der Waals surface area (Å²) in [5, 5.41) is 13.0. The standard InChI is InChI=1S/C8H14N4OS/c1-9-8-11-10-7(14-8)6-12-2-4-13-5-3-12/h2-6H2,1H3,(H,9,11).